The van der Waals surface area contributed by atoms with E-state index in [1.54, 1.807) is 6.20 Å². The highest BCUT2D eigenvalue weighted by atomic mass is 15.6. The quantitative estimate of drug-likeness (QED) is 0.470. The van der Waals surface area contributed by atoms with E-state index in [1.165, 1.54) is 0 Å². The first-order valence-corrected chi connectivity index (χ1v) is 3.36. The summed E-state index contributed by atoms with van der Waals surface area (Å²) in [6.45, 7) is 0. The lowest BCUT2D eigenvalue weighted by molar-refractivity contribution is 0.304. The Morgan fingerprint density at radius 3 is 3.40 bits per heavy atom. The fourth-order valence-corrected chi connectivity index (χ4v) is 1.26. The largest absolute Gasteiger partial charge is 0.314 e. The number of hydrogen-bond acceptors (Lipinski definition) is 4. The van der Waals surface area contributed by atoms with Gasteiger partial charge < -0.3 is 10.7 Å². The first-order chi connectivity index (χ1) is 4.86. The summed E-state index contributed by atoms with van der Waals surface area (Å²) >= 11 is 0. The molecule has 3 N–H and O–H groups in total. The van der Waals surface area contributed by atoms with E-state index in [2.05, 4.69) is 10.4 Å². The molecule has 0 radical (unpaired) electrons. The van der Waals surface area contributed by atoms with Gasteiger partial charge in [0.05, 0.1) is 12.2 Å². The molecule has 2 heterocycles. The third-order valence-electron chi connectivity index (χ3n) is 1.74. The summed E-state index contributed by atoms with van der Waals surface area (Å²) in [5, 5.41) is 1.98. The average molecular weight is 138 g/mol. The fourth-order valence-electron chi connectivity index (χ4n) is 1.26. The van der Waals surface area contributed by atoms with E-state index >= 15 is 0 Å². The van der Waals surface area contributed by atoms with Gasteiger partial charge in [0.25, 0.3) is 0 Å². The molecule has 0 aromatic carbocycles. The van der Waals surface area contributed by atoms with Gasteiger partial charge in [0.2, 0.25) is 0 Å². The number of rotatable bonds is 0. The number of fused-ring (bicyclic) bond motifs is 1. The van der Waals surface area contributed by atoms with Crippen LogP contribution in [0.4, 0.5) is 0 Å². The van der Waals surface area contributed by atoms with Crippen molar-refractivity contribution in [2.75, 3.05) is 0 Å². The summed E-state index contributed by atoms with van der Waals surface area (Å²) < 4.78 is 0. The van der Waals surface area contributed by atoms with Gasteiger partial charge >= 0.3 is 0 Å². The molecule has 0 saturated carbocycles. The van der Waals surface area contributed by atoms with Crippen LogP contribution in [0.25, 0.3) is 0 Å². The summed E-state index contributed by atoms with van der Waals surface area (Å²) in [4.78, 5) is 4.01. The molecule has 10 heavy (non-hydrogen) atoms. The fraction of sp³-hybridized carbons (Fsp3) is 0.500. The SMILES string of the molecule is NC1CC2C=NC=CN2N1. The summed E-state index contributed by atoms with van der Waals surface area (Å²) in [5.41, 5.74) is 8.73. The molecule has 0 bridgehead atoms. The maximum absolute atomic E-state index is 5.65. The lowest BCUT2D eigenvalue weighted by Gasteiger charge is -2.20. The van der Waals surface area contributed by atoms with Crippen LogP contribution in [0, 0.1) is 0 Å². The summed E-state index contributed by atoms with van der Waals surface area (Å²) in [7, 11) is 0. The van der Waals surface area contributed by atoms with Crippen LogP contribution in [0.3, 0.4) is 0 Å². The highest BCUT2D eigenvalue weighted by Crippen LogP contribution is 2.12. The van der Waals surface area contributed by atoms with Crippen LogP contribution in [0.5, 0.6) is 0 Å². The molecule has 1 fully saturated rings. The lowest BCUT2D eigenvalue weighted by Crippen LogP contribution is -2.39. The molecule has 4 heteroatoms. The van der Waals surface area contributed by atoms with Crippen LogP contribution in [0.2, 0.25) is 0 Å². The van der Waals surface area contributed by atoms with Crippen molar-refractivity contribution >= 4 is 6.21 Å². The number of hydrogen-bond donors (Lipinski definition) is 2. The Hall–Kier alpha value is -0.870. The van der Waals surface area contributed by atoms with Crippen LogP contribution < -0.4 is 11.2 Å². The van der Waals surface area contributed by atoms with Crippen molar-refractivity contribution in [2.45, 2.75) is 18.6 Å². The lowest BCUT2D eigenvalue weighted by atomic mass is 10.2. The second kappa shape index (κ2) is 2.07. The highest BCUT2D eigenvalue weighted by molar-refractivity contribution is 5.66. The van der Waals surface area contributed by atoms with E-state index in [9.17, 15) is 0 Å². The maximum Gasteiger partial charge on any atom is 0.0828 e. The Balaban J connectivity index is 2.14. The van der Waals surface area contributed by atoms with Gasteiger partial charge in [-0.2, -0.15) is 0 Å². The smallest absolute Gasteiger partial charge is 0.0828 e. The molecule has 54 valence electrons. The Kier molecular flexibility index (Phi) is 1.22. The number of nitrogens with zero attached hydrogens (tertiary/aromatic N) is 2. The third-order valence-corrected chi connectivity index (χ3v) is 1.74. The summed E-state index contributed by atoms with van der Waals surface area (Å²) in [5.74, 6) is 0. The summed E-state index contributed by atoms with van der Waals surface area (Å²) in [6, 6.07) is 0.361. The minimum Gasteiger partial charge on any atom is -0.314 e. The standard InChI is InChI=1S/C6H10N4/c7-6-3-5-4-8-1-2-10(5)9-6/h1-2,4-6,9H,3,7H2. The molecule has 0 aromatic heterocycles. The van der Waals surface area contributed by atoms with E-state index in [0.717, 1.165) is 6.42 Å². The molecular weight excluding hydrogens is 128 g/mol. The maximum atomic E-state index is 5.65. The van der Waals surface area contributed by atoms with Crippen LogP contribution in [0.1, 0.15) is 6.42 Å². The monoisotopic (exact) mass is 138 g/mol. The van der Waals surface area contributed by atoms with Crippen LogP contribution >= 0.6 is 0 Å². The predicted octanol–water partition coefficient (Wildman–Crippen LogP) is -0.594. The first kappa shape index (κ1) is 5.88. The van der Waals surface area contributed by atoms with Crippen LogP contribution in [-0.2, 0) is 0 Å². The Morgan fingerprint density at radius 1 is 1.70 bits per heavy atom. The molecule has 2 rings (SSSR count). The number of hydrazine groups is 1. The van der Waals surface area contributed by atoms with Gasteiger partial charge in [0.1, 0.15) is 0 Å². The van der Waals surface area contributed by atoms with Gasteiger partial charge in [-0.15, -0.1) is 0 Å². The zero-order valence-electron chi connectivity index (χ0n) is 5.57. The van der Waals surface area contributed by atoms with E-state index in [4.69, 9.17) is 5.73 Å². The molecule has 2 unspecified atom stereocenters. The van der Waals surface area contributed by atoms with Gasteiger partial charge in [0, 0.05) is 25.0 Å². The molecule has 0 aliphatic carbocycles. The Morgan fingerprint density at radius 2 is 2.60 bits per heavy atom. The second-order valence-electron chi connectivity index (χ2n) is 2.54. The zero-order chi connectivity index (χ0) is 6.97. The molecule has 0 aromatic rings. The highest BCUT2D eigenvalue weighted by Gasteiger charge is 2.26. The minimum absolute atomic E-state index is 0.0826. The van der Waals surface area contributed by atoms with Crippen LogP contribution in [0.15, 0.2) is 17.4 Å². The van der Waals surface area contributed by atoms with Gasteiger partial charge in [-0.05, 0) is 0 Å². The number of nitrogens with one attached hydrogen (secondary N) is 1. The first-order valence-electron chi connectivity index (χ1n) is 3.36. The average Bonchev–Trinajstić information content (AvgIpc) is 2.27. The van der Waals surface area contributed by atoms with Crippen molar-refractivity contribution in [1.29, 1.82) is 0 Å². The van der Waals surface area contributed by atoms with E-state index in [0.29, 0.717) is 6.04 Å². The molecule has 0 amide bonds. The topological polar surface area (TPSA) is 53.6 Å². The Labute approximate surface area is 59.4 Å². The van der Waals surface area contributed by atoms with Gasteiger partial charge in [-0.25, -0.2) is 5.43 Å². The number of nitrogens with two attached hydrogens (primary N) is 1. The molecule has 4 nitrogen and oxygen atoms in total. The van der Waals surface area contributed by atoms with Gasteiger partial charge in [-0.1, -0.05) is 0 Å². The zero-order valence-corrected chi connectivity index (χ0v) is 5.57. The molecule has 2 aliphatic rings. The van der Waals surface area contributed by atoms with E-state index < -0.39 is 0 Å². The molecule has 1 saturated heterocycles. The van der Waals surface area contributed by atoms with Gasteiger partial charge in [0.15, 0.2) is 0 Å². The Bertz CT molecular complexity index is 166. The molecule has 0 spiro atoms. The minimum atomic E-state index is 0.0826. The summed E-state index contributed by atoms with van der Waals surface area (Å²) in [6.07, 6.45) is 6.58. The molecule has 2 atom stereocenters. The van der Waals surface area contributed by atoms with Crippen molar-refractivity contribution in [2.24, 2.45) is 10.7 Å². The third kappa shape index (κ3) is 0.815. The second-order valence-corrected chi connectivity index (χ2v) is 2.54. The van der Waals surface area contributed by atoms with Crippen molar-refractivity contribution in [3.05, 3.63) is 12.4 Å². The van der Waals surface area contributed by atoms with Gasteiger partial charge in [-0.3, -0.25) is 4.99 Å². The molecule has 2 aliphatic heterocycles. The van der Waals surface area contributed by atoms with E-state index in [1.807, 2.05) is 17.4 Å². The normalized spacial score (nSPS) is 36.7. The van der Waals surface area contributed by atoms with Crippen molar-refractivity contribution < 1.29 is 0 Å². The van der Waals surface area contributed by atoms with Crippen LogP contribution in [-0.4, -0.2) is 23.4 Å². The predicted molar refractivity (Wildman–Crippen MR) is 39.0 cm³/mol. The number of aliphatic imine (C=N–C) groups is 1. The van der Waals surface area contributed by atoms with Crippen molar-refractivity contribution in [3.8, 4) is 0 Å². The van der Waals surface area contributed by atoms with Crippen molar-refractivity contribution in [3.63, 3.8) is 0 Å². The molecular formula is C6H10N4. The van der Waals surface area contributed by atoms with Crippen molar-refractivity contribution in [1.82, 2.24) is 10.4 Å². The van der Waals surface area contributed by atoms with E-state index in [-0.39, 0.29) is 6.17 Å².